The van der Waals surface area contributed by atoms with E-state index in [1.165, 1.54) is 23.1 Å². The number of alkyl halides is 2. The molecular formula is C52H52Cl2F2N4O9. The number of amides is 2. The van der Waals surface area contributed by atoms with Crippen LogP contribution in [0.1, 0.15) is 88.7 Å². The second-order valence-corrected chi connectivity index (χ2v) is 19.1. The Morgan fingerprint density at radius 1 is 0.841 bits per heavy atom. The van der Waals surface area contributed by atoms with E-state index in [0.717, 1.165) is 68.8 Å². The van der Waals surface area contributed by atoms with Crippen molar-refractivity contribution in [2.45, 2.75) is 81.8 Å². The summed E-state index contributed by atoms with van der Waals surface area (Å²) in [5.74, 6) is -2.06. The lowest BCUT2D eigenvalue weighted by molar-refractivity contribution is -0.605. The number of aliphatic carboxylic acids is 1. The third-order valence-corrected chi connectivity index (χ3v) is 14.5. The van der Waals surface area contributed by atoms with Crippen LogP contribution in [0.5, 0.6) is 17.2 Å². The van der Waals surface area contributed by atoms with Gasteiger partial charge in [0, 0.05) is 30.1 Å². The number of carboxylic acid groups (broad SMARTS) is 1. The molecule has 5 heterocycles. The molecule has 5 fully saturated rings. The molecule has 1 aromatic heterocycles. The molecule has 10 rings (SSSR count). The van der Waals surface area contributed by atoms with Gasteiger partial charge in [-0.2, -0.15) is 13.5 Å². The molecule has 17 heteroatoms. The number of carbonyl (C=O) groups excluding carboxylic acids is 2. The average molecular weight is 986 g/mol. The standard InChI is InChI=1S/C52H52Cl2F2N4O9/c53-42-27-59(65)28-43(54)40(42)26-41(36-15-16-44(68-50(55)56)45(25-36)67-30-32-13-14-32)52(49(62)63)19-6-20-60(52)48(61)38-11-4-7-33(23-38)31-66-39-12-5-10-37(24-39)47(35-8-2-1-3-9-35)57-51(64)69-46-29-58-21-17-34(46)18-22-58/h1-5,7-12,15-16,23-25,27-28,32,34,41,46-47,50H,6,13-14,17-22,26,29-31H2,(H,57,64)(H,62,63)/t41-,46-,47-,52-/m0/s1. The second kappa shape index (κ2) is 20.8. The van der Waals surface area contributed by atoms with Crippen LogP contribution >= 0.6 is 23.2 Å². The molecule has 5 aliphatic rings. The number of hydrogen-bond donors (Lipinski definition) is 2. The number of alkyl carbamates (subject to hydrolysis) is 1. The number of piperidine rings is 3. The minimum absolute atomic E-state index is 0.00368. The van der Waals surface area contributed by atoms with Crippen molar-refractivity contribution in [3.63, 3.8) is 0 Å². The van der Waals surface area contributed by atoms with E-state index in [9.17, 15) is 33.5 Å². The van der Waals surface area contributed by atoms with Crippen molar-refractivity contribution in [2.75, 3.05) is 32.8 Å². The van der Waals surface area contributed by atoms with Gasteiger partial charge in [-0.15, -0.1) is 0 Å². The molecule has 1 aliphatic carbocycles. The molecule has 69 heavy (non-hydrogen) atoms. The van der Waals surface area contributed by atoms with Gasteiger partial charge in [-0.05, 0) is 129 Å². The van der Waals surface area contributed by atoms with Crippen molar-refractivity contribution in [1.82, 2.24) is 15.1 Å². The van der Waals surface area contributed by atoms with Crippen LogP contribution in [0.2, 0.25) is 10.0 Å². The summed E-state index contributed by atoms with van der Waals surface area (Å²) in [6, 6.07) is 27.5. The number of ether oxygens (including phenoxy) is 4. The number of nitrogens with zero attached hydrogens (tertiary/aromatic N) is 3. The number of carbonyl (C=O) groups is 3. The van der Waals surface area contributed by atoms with Crippen LogP contribution < -0.4 is 24.3 Å². The Balaban J connectivity index is 0.971. The fourth-order valence-corrected chi connectivity index (χ4v) is 10.7. The zero-order valence-electron chi connectivity index (χ0n) is 37.6. The second-order valence-electron chi connectivity index (χ2n) is 18.3. The van der Waals surface area contributed by atoms with Gasteiger partial charge >= 0.3 is 18.7 Å². The van der Waals surface area contributed by atoms with E-state index in [0.29, 0.717) is 33.9 Å². The van der Waals surface area contributed by atoms with Crippen molar-refractivity contribution in [2.24, 2.45) is 11.8 Å². The fourth-order valence-electron chi connectivity index (χ4n) is 10.1. The van der Waals surface area contributed by atoms with Crippen molar-refractivity contribution in [3.8, 4) is 17.2 Å². The van der Waals surface area contributed by atoms with Gasteiger partial charge in [0.15, 0.2) is 23.9 Å². The summed E-state index contributed by atoms with van der Waals surface area (Å²) in [6.07, 6.45) is 5.62. The van der Waals surface area contributed by atoms with E-state index in [2.05, 4.69) is 10.2 Å². The Hall–Kier alpha value is -6.16. The molecule has 5 aromatic rings. The van der Waals surface area contributed by atoms with E-state index in [1.807, 2.05) is 48.5 Å². The minimum Gasteiger partial charge on any atom is -0.619 e. The maximum Gasteiger partial charge on any atom is 0.408 e. The van der Waals surface area contributed by atoms with Crippen molar-refractivity contribution < 1.29 is 51.9 Å². The lowest BCUT2D eigenvalue weighted by Gasteiger charge is -2.43. The number of nitrogens with one attached hydrogen (secondary N) is 1. The smallest absolute Gasteiger partial charge is 0.408 e. The van der Waals surface area contributed by atoms with Gasteiger partial charge in [0.1, 0.15) is 34.0 Å². The van der Waals surface area contributed by atoms with Gasteiger partial charge in [0.2, 0.25) is 0 Å². The maximum absolute atomic E-state index is 14.8. The average Bonchev–Trinajstić information content (AvgIpc) is 4.07. The third kappa shape index (κ3) is 10.9. The van der Waals surface area contributed by atoms with Crippen molar-refractivity contribution in [3.05, 3.63) is 158 Å². The van der Waals surface area contributed by atoms with Gasteiger partial charge in [-0.1, -0.05) is 83.9 Å². The molecule has 0 radical (unpaired) electrons. The van der Waals surface area contributed by atoms with Gasteiger partial charge < -0.3 is 39.5 Å². The highest BCUT2D eigenvalue weighted by Crippen LogP contribution is 2.48. The summed E-state index contributed by atoms with van der Waals surface area (Å²) in [5, 5.41) is 26.7. The number of fused-ring (bicyclic) bond motifs is 3. The molecule has 4 aliphatic heterocycles. The first kappa shape index (κ1) is 47.9. The summed E-state index contributed by atoms with van der Waals surface area (Å²) in [6.45, 7) is 0.0157. The van der Waals surface area contributed by atoms with Crippen LogP contribution in [0.3, 0.4) is 0 Å². The SMILES string of the molecule is O=C(N[C@@H](c1ccccc1)c1cccc(OCc2cccc(C(=O)N3CCC[C@@]3(C(=O)O)[C@@H](Cc3c(Cl)c[n+]([O-])cc3Cl)c3ccc(OC(F)F)c(OCC4CC4)c3)c2)c1)O[C@H]1CN2CCC1CC2. The summed E-state index contributed by atoms with van der Waals surface area (Å²) >= 11 is 13.2. The number of hydrogen-bond acceptors (Lipinski definition) is 9. The van der Waals surface area contributed by atoms with Gasteiger partial charge in [0.25, 0.3) is 5.91 Å². The van der Waals surface area contributed by atoms with Crippen LogP contribution in [-0.4, -0.2) is 83.9 Å². The van der Waals surface area contributed by atoms with Crippen LogP contribution in [-0.2, 0) is 22.6 Å². The highest BCUT2D eigenvalue weighted by molar-refractivity contribution is 6.35. The Kier molecular flexibility index (Phi) is 14.5. The van der Waals surface area contributed by atoms with E-state index in [4.69, 9.17) is 42.1 Å². The molecule has 13 nitrogen and oxygen atoms in total. The Morgan fingerprint density at radius 2 is 1.58 bits per heavy atom. The molecule has 2 N–H and O–H groups in total. The predicted octanol–water partition coefficient (Wildman–Crippen LogP) is 9.59. The van der Waals surface area contributed by atoms with E-state index < -0.39 is 42.1 Å². The minimum atomic E-state index is -3.15. The zero-order valence-corrected chi connectivity index (χ0v) is 39.1. The molecule has 4 aromatic carbocycles. The van der Waals surface area contributed by atoms with Gasteiger partial charge in [0.05, 0.1) is 12.6 Å². The molecule has 2 bridgehead atoms. The molecule has 0 unspecified atom stereocenters. The molecule has 4 saturated heterocycles. The Labute approximate surface area is 408 Å². The Morgan fingerprint density at radius 3 is 2.28 bits per heavy atom. The summed E-state index contributed by atoms with van der Waals surface area (Å²) in [7, 11) is 0. The highest BCUT2D eigenvalue weighted by atomic mass is 35.5. The zero-order chi connectivity index (χ0) is 48.2. The number of pyridine rings is 1. The quantitative estimate of drug-likeness (QED) is 0.0641. The largest absolute Gasteiger partial charge is 0.619 e. The molecule has 0 spiro atoms. The summed E-state index contributed by atoms with van der Waals surface area (Å²) in [4.78, 5) is 45.9. The number of rotatable bonds is 18. The van der Waals surface area contributed by atoms with E-state index >= 15 is 0 Å². The molecule has 2 amide bonds. The fraction of sp³-hybridized carbons (Fsp3) is 0.385. The first-order chi connectivity index (χ1) is 33.3. The monoisotopic (exact) mass is 984 g/mol. The van der Waals surface area contributed by atoms with Crippen LogP contribution in [0.4, 0.5) is 13.6 Å². The van der Waals surface area contributed by atoms with Crippen molar-refractivity contribution in [1.29, 1.82) is 0 Å². The number of carboxylic acids is 1. The molecule has 4 atom stereocenters. The van der Waals surface area contributed by atoms with Gasteiger partial charge in [-0.25, -0.2) is 9.59 Å². The number of likely N-dealkylation sites (tertiary alicyclic amines) is 1. The molecule has 1 saturated carbocycles. The lowest BCUT2D eigenvalue weighted by atomic mass is 9.73. The summed E-state index contributed by atoms with van der Waals surface area (Å²) in [5.41, 5.74) is 1.16. The van der Waals surface area contributed by atoms with Crippen LogP contribution in [0, 0.1) is 17.0 Å². The number of halogens is 4. The first-order valence-electron chi connectivity index (χ1n) is 23.2. The summed E-state index contributed by atoms with van der Waals surface area (Å²) < 4.78 is 50.7. The first-order valence-corrected chi connectivity index (χ1v) is 24.0. The maximum atomic E-state index is 14.8. The number of aromatic nitrogens is 1. The third-order valence-electron chi connectivity index (χ3n) is 13.9. The van der Waals surface area contributed by atoms with Gasteiger partial charge in [-0.3, -0.25) is 9.69 Å². The molecular weight excluding hydrogens is 933 g/mol. The van der Waals surface area contributed by atoms with Crippen LogP contribution in [0.15, 0.2) is 109 Å². The normalized spacial score (nSPS) is 21.6. The predicted molar refractivity (Wildman–Crippen MR) is 252 cm³/mol. The van der Waals surface area contributed by atoms with E-state index in [1.54, 1.807) is 30.3 Å². The lowest BCUT2D eigenvalue weighted by Crippen LogP contribution is -2.57. The van der Waals surface area contributed by atoms with Crippen molar-refractivity contribution >= 4 is 41.2 Å². The molecule has 362 valence electrons. The highest BCUT2D eigenvalue weighted by Gasteiger charge is 2.56. The topological polar surface area (TPSA) is 154 Å². The Bertz CT molecular complexity index is 2650. The number of benzene rings is 4. The van der Waals surface area contributed by atoms with E-state index in [-0.39, 0.29) is 77.3 Å². The van der Waals surface area contributed by atoms with Crippen LogP contribution in [0.25, 0.3) is 0 Å².